The average molecular weight is 631 g/mol. The molecule has 15 heteroatoms. The summed E-state index contributed by atoms with van der Waals surface area (Å²) < 4.78 is 15.1. The van der Waals surface area contributed by atoms with Crippen LogP contribution in [0.2, 0.25) is 0 Å². The molecule has 0 bridgehead atoms. The van der Waals surface area contributed by atoms with Crippen molar-refractivity contribution in [1.82, 2.24) is 26.1 Å². The molecule has 4 rings (SSSR count). The van der Waals surface area contributed by atoms with E-state index in [2.05, 4.69) is 31.2 Å². The molecule has 0 saturated heterocycles. The van der Waals surface area contributed by atoms with Gasteiger partial charge in [0.2, 0.25) is 5.95 Å². The first kappa shape index (κ1) is 33.1. The molecule has 12 N–H and O–H groups in total. The first-order valence-corrected chi connectivity index (χ1v) is 14.3. The summed E-state index contributed by atoms with van der Waals surface area (Å²) in [7, 11) is 0. The smallest absolute Gasteiger partial charge is 0.326 e. The van der Waals surface area contributed by atoms with Gasteiger partial charge < -0.3 is 32.9 Å². The summed E-state index contributed by atoms with van der Waals surface area (Å²) in [5.74, 6) is 2.46. The highest BCUT2D eigenvalue weighted by Crippen LogP contribution is 2.25. The number of halogens is 1. The standard InChI is InChI=1S/C31H35FN10O4/c1-16-4-12-20(21(15-16)26(33)41-42-36)29(44)37-14-2-3-23(30(45)46)38-28(43)19-9-6-17(7-10-19)5-8-18-11-13-22-24(25(18)32)27(34)40-31(35)39-22/h4,6-7,9-13,15,23,42H,2-3,5,8,14,36H2,1H3,(H2,33,41)(H,37,44)(H,38,43)(H,45,46)(H4,34,35,39,40). The Morgan fingerprint density at radius 1 is 0.978 bits per heavy atom. The summed E-state index contributed by atoms with van der Waals surface area (Å²) >= 11 is 0. The van der Waals surface area contributed by atoms with Gasteiger partial charge in [0.1, 0.15) is 17.7 Å². The Balaban J connectivity index is 1.30. The maximum Gasteiger partial charge on any atom is 0.326 e. The van der Waals surface area contributed by atoms with Crippen LogP contribution in [-0.2, 0) is 17.6 Å². The molecule has 4 aromatic rings. The molecule has 0 aliphatic rings. The van der Waals surface area contributed by atoms with Crippen LogP contribution < -0.4 is 39.2 Å². The van der Waals surface area contributed by atoms with E-state index in [1.165, 1.54) is 0 Å². The summed E-state index contributed by atoms with van der Waals surface area (Å²) in [5, 5.41) is 18.8. The number of aromatic nitrogens is 2. The molecule has 14 nitrogen and oxygen atoms in total. The topological polar surface area (TPSA) is 250 Å². The lowest BCUT2D eigenvalue weighted by Gasteiger charge is -2.15. The average Bonchev–Trinajstić information content (AvgIpc) is 3.01. The molecule has 1 atom stereocenters. The number of hydrogen-bond acceptors (Lipinski definition) is 10. The third-order valence-corrected chi connectivity index (χ3v) is 7.26. The second-order valence-corrected chi connectivity index (χ2v) is 10.5. The number of amides is 2. The number of hydrazine groups is 1. The molecule has 46 heavy (non-hydrogen) atoms. The number of rotatable bonds is 13. The van der Waals surface area contributed by atoms with E-state index < -0.39 is 29.6 Å². The van der Waals surface area contributed by atoms with Gasteiger partial charge in [0.25, 0.3) is 11.8 Å². The third-order valence-electron chi connectivity index (χ3n) is 7.26. The van der Waals surface area contributed by atoms with Crippen molar-refractivity contribution in [1.29, 1.82) is 0 Å². The fourth-order valence-corrected chi connectivity index (χ4v) is 4.87. The van der Waals surface area contributed by atoms with Crippen LogP contribution in [0, 0.1) is 12.7 Å². The molecule has 0 aliphatic carbocycles. The summed E-state index contributed by atoms with van der Waals surface area (Å²) in [6.07, 6.45) is 1.16. The summed E-state index contributed by atoms with van der Waals surface area (Å²) in [6, 6.07) is 13.7. The molecule has 240 valence electrons. The van der Waals surface area contributed by atoms with Crippen molar-refractivity contribution in [2.24, 2.45) is 16.7 Å². The normalized spacial score (nSPS) is 12.0. The third kappa shape index (κ3) is 8.00. The highest BCUT2D eigenvalue weighted by Gasteiger charge is 2.21. The molecule has 0 aliphatic heterocycles. The zero-order chi connectivity index (χ0) is 33.4. The second-order valence-electron chi connectivity index (χ2n) is 10.5. The maximum absolute atomic E-state index is 15.1. The molecule has 1 unspecified atom stereocenters. The zero-order valence-corrected chi connectivity index (χ0v) is 25.0. The fraction of sp³-hybridized carbons (Fsp3) is 0.226. The predicted molar refractivity (Wildman–Crippen MR) is 172 cm³/mol. The molecular formula is C31H35FN10O4. The molecule has 2 amide bonds. The number of benzene rings is 3. The Morgan fingerprint density at radius 3 is 2.41 bits per heavy atom. The number of carbonyl (C=O) groups is 3. The quantitative estimate of drug-likeness (QED) is 0.0345. The second kappa shape index (κ2) is 14.8. The summed E-state index contributed by atoms with van der Waals surface area (Å²) in [5.41, 5.74) is 22.8. The lowest BCUT2D eigenvalue weighted by atomic mass is 10.0. The number of nitrogen functional groups attached to an aromatic ring is 2. The van der Waals surface area contributed by atoms with Gasteiger partial charge in [-0.15, -0.1) is 5.10 Å². The van der Waals surface area contributed by atoms with E-state index in [4.69, 9.17) is 23.0 Å². The van der Waals surface area contributed by atoms with Crippen molar-refractivity contribution < 1.29 is 23.9 Å². The molecule has 0 fully saturated rings. The summed E-state index contributed by atoms with van der Waals surface area (Å²) in [4.78, 5) is 45.3. The largest absolute Gasteiger partial charge is 0.480 e. The van der Waals surface area contributed by atoms with Gasteiger partial charge in [-0.1, -0.05) is 29.8 Å². The highest BCUT2D eigenvalue weighted by atomic mass is 19.1. The van der Waals surface area contributed by atoms with E-state index >= 15 is 4.39 Å². The number of aliphatic carboxylic acids is 1. The predicted octanol–water partition coefficient (Wildman–Crippen LogP) is 1.50. The summed E-state index contributed by atoms with van der Waals surface area (Å²) in [6.45, 7) is 1.99. The molecular weight excluding hydrogens is 595 g/mol. The first-order chi connectivity index (χ1) is 22.0. The van der Waals surface area contributed by atoms with Crippen LogP contribution in [0.5, 0.6) is 0 Å². The molecule has 3 aromatic carbocycles. The molecule has 0 spiro atoms. The number of amidine groups is 1. The van der Waals surface area contributed by atoms with Crippen LogP contribution in [-0.4, -0.2) is 51.3 Å². The van der Waals surface area contributed by atoms with Gasteiger partial charge >= 0.3 is 5.97 Å². The van der Waals surface area contributed by atoms with E-state index in [9.17, 15) is 19.5 Å². The van der Waals surface area contributed by atoms with Gasteiger partial charge in [-0.05, 0) is 74.1 Å². The van der Waals surface area contributed by atoms with Crippen LogP contribution in [0.25, 0.3) is 10.9 Å². The zero-order valence-electron chi connectivity index (χ0n) is 25.0. The van der Waals surface area contributed by atoms with Crippen LogP contribution in [0.4, 0.5) is 16.2 Å². The Bertz CT molecular complexity index is 1800. The van der Waals surface area contributed by atoms with Crippen LogP contribution >= 0.6 is 0 Å². The van der Waals surface area contributed by atoms with E-state index in [0.717, 1.165) is 11.1 Å². The number of hydrazone groups is 1. The fourth-order valence-electron chi connectivity index (χ4n) is 4.87. The molecule has 1 aromatic heterocycles. The van der Waals surface area contributed by atoms with E-state index in [1.807, 2.05) is 6.92 Å². The number of carboxylic acid groups (broad SMARTS) is 1. The minimum atomic E-state index is -1.21. The minimum Gasteiger partial charge on any atom is -0.480 e. The number of carboxylic acids is 1. The van der Waals surface area contributed by atoms with Gasteiger partial charge in [0.05, 0.1) is 16.5 Å². The van der Waals surface area contributed by atoms with Gasteiger partial charge in [-0.2, -0.15) is 4.98 Å². The van der Waals surface area contributed by atoms with Crippen molar-refractivity contribution in [3.63, 3.8) is 0 Å². The maximum atomic E-state index is 15.1. The van der Waals surface area contributed by atoms with E-state index in [0.29, 0.717) is 29.5 Å². The SMILES string of the molecule is Cc1ccc(C(=O)NCCCC(NC(=O)c2ccc(CCc3ccc4nc(N)nc(N)c4c3F)cc2)C(=O)O)c(/C(N)=N/NN)c1. The number of carbonyl (C=O) groups excluding carboxylic acids is 2. The van der Waals surface area contributed by atoms with Crippen molar-refractivity contribution in [3.8, 4) is 0 Å². The van der Waals surface area contributed by atoms with Crippen LogP contribution in [0.1, 0.15) is 55.8 Å². The number of nitrogens with zero attached hydrogens (tertiary/aromatic N) is 3. The van der Waals surface area contributed by atoms with Gasteiger partial charge in [0.15, 0.2) is 5.84 Å². The van der Waals surface area contributed by atoms with Gasteiger partial charge in [0, 0.05) is 17.7 Å². The van der Waals surface area contributed by atoms with Gasteiger partial charge in [-0.25, -0.2) is 25.5 Å². The van der Waals surface area contributed by atoms with Crippen LogP contribution in [0.3, 0.4) is 0 Å². The number of anilines is 2. The number of nitrogens with two attached hydrogens (primary N) is 4. The number of aryl methyl sites for hydroxylation is 3. The van der Waals surface area contributed by atoms with Crippen molar-refractivity contribution in [3.05, 3.63) is 93.8 Å². The first-order valence-electron chi connectivity index (χ1n) is 14.3. The highest BCUT2D eigenvalue weighted by molar-refractivity contribution is 6.08. The number of fused-ring (bicyclic) bond motifs is 1. The van der Waals surface area contributed by atoms with Crippen molar-refractivity contribution in [2.75, 3.05) is 18.0 Å². The molecule has 0 radical (unpaired) electrons. The molecule has 1 heterocycles. The van der Waals surface area contributed by atoms with Crippen molar-refractivity contribution in [2.45, 2.75) is 38.6 Å². The lowest BCUT2D eigenvalue weighted by molar-refractivity contribution is -0.139. The monoisotopic (exact) mass is 630 g/mol. The lowest BCUT2D eigenvalue weighted by Crippen LogP contribution is -2.41. The number of hydrogen-bond donors (Lipinski definition) is 8. The van der Waals surface area contributed by atoms with Crippen LogP contribution in [0.15, 0.2) is 59.7 Å². The Labute approximate surface area is 263 Å². The Morgan fingerprint density at radius 2 is 1.72 bits per heavy atom. The Kier molecular flexibility index (Phi) is 10.6. The number of nitrogens with one attached hydrogen (secondary N) is 3. The Hall–Kier alpha value is -5.83. The minimum absolute atomic E-state index is 0.0318. The van der Waals surface area contributed by atoms with E-state index in [1.54, 1.807) is 54.6 Å². The van der Waals surface area contributed by atoms with Crippen molar-refractivity contribution >= 4 is 46.3 Å². The van der Waals surface area contributed by atoms with Gasteiger partial charge in [-0.3, -0.25) is 9.59 Å². The molecule has 0 saturated carbocycles. The van der Waals surface area contributed by atoms with E-state index in [-0.39, 0.29) is 53.5 Å².